The normalized spacial score (nSPS) is 25.7. The maximum absolute atomic E-state index is 14.5. The molecule has 3 atom stereocenters. The molecule has 2 aromatic rings. The van der Waals surface area contributed by atoms with Gasteiger partial charge < -0.3 is 10.5 Å². The van der Waals surface area contributed by atoms with Gasteiger partial charge in [-0.25, -0.2) is 18.2 Å². The standard InChI is InChI=1S/C18H14ClF3N4O2/c19-8-1-4-12(24-7-8)13(27)5-9-2-3-11(20)15(25-9)18(16(21)22)10-6-14(10)28-17(23)26-18/h1-4,7,10,14,16H,5-6H2,(H2,23,26)/t10-,14+,18-/m0/s1. The lowest BCUT2D eigenvalue weighted by Crippen LogP contribution is -2.44. The molecule has 0 spiro atoms. The summed E-state index contributed by atoms with van der Waals surface area (Å²) in [4.78, 5) is 24.1. The summed E-state index contributed by atoms with van der Waals surface area (Å²) in [5, 5.41) is 0.367. The predicted octanol–water partition coefficient (Wildman–Crippen LogP) is 2.89. The van der Waals surface area contributed by atoms with Crippen LogP contribution in [0.1, 0.15) is 28.3 Å². The molecule has 0 bridgehead atoms. The van der Waals surface area contributed by atoms with Crippen molar-refractivity contribution in [1.82, 2.24) is 9.97 Å². The van der Waals surface area contributed by atoms with Gasteiger partial charge in [0.05, 0.1) is 11.4 Å². The van der Waals surface area contributed by atoms with Crippen molar-refractivity contribution in [2.24, 2.45) is 16.6 Å². The van der Waals surface area contributed by atoms with Crippen molar-refractivity contribution in [2.45, 2.75) is 30.9 Å². The number of aromatic nitrogens is 2. The Morgan fingerprint density at radius 1 is 1.36 bits per heavy atom. The molecule has 146 valence electrons. The summed E-state index contributed by atoms with van der Waals surface area (Å²) in [6.45, 7) is 0. The summed E-state index contributed by atoms with van der Waals surface area (Å²) in [5.74, 6) is -2.08. The van der Waals surface area contributed by atoms with Crippen LogP contribution in [0.5, 0.6) is 0 Å². The fraction of sp³-hybridized carbons (Fsp3) is 0.333. The van der Waals surface area contributed by atoms with E-state index in [1.807, 2.05) is 0 Å². The molecule has 1 aliphatic heterocycles. The second-order valence-electron chi connectivity index (χ2n) is 6.67. The molecule has 0 unspecified atom stereocenters. The number of nitrogens with zero attached hydrogens (tertiary/aromatic N) is 3. The molecule has 4 rings (SSSR count). The molecule has 3 heterocycles. The molecular formula is C18H14ClF3N4O2. The Balaban J connectivity index is 1.70. The lowest BCUT2D eigenvalue weighted by molar-refractivity contribution is 0.0149. The molecule has 0 radical (unpaired) electrons. The van der Waals surface area contributed by atoms with E-state index in [1.54, 1.807) is 0 Å². The molecular weight excluding hydrogens is 397 g/mol. The average Bonchev–Trinajstić information content (AvgIpc) is 3.42. The third-order valence-electron chi connectivity index (χ3n) is 4.83. The van der Waals surface area contributed by atoms with Crippen LogP contribution in [0, 0.1) is 11.7 Å². The Hall–Kier alpha value is -2.68. The number of fused-ring (bicyclic) bond motifs is 1. The monoisotopic (exact) mass is 410 g/mol. The summed E-state index contributed by atoms with van der Waals surface area (Å²) < 4.78 is 47.8. The summed E-state index contributed by atoms with van der Waals surface area (Å²) in [6, 6.07) is 4.79. The number of hydrogen-bond donors (Lipinski definition) is 1. The highest BCUT2D eigenvalue weighted by atomic mass is 35.5. The number of Topliss-reactive ketones (excluding diaryl/α,β-unsaturated/α-hetero) is 1. The molecule has 2 aliphatic rings. The first-order valence-electron chi connectivity index (χ1n) is 8.42. The predicted molar refractivity (Wildman–Crippen MR) is 93.8 cm³/mol. The smallest absolute Gasteiger partial charge is 0.283 e. The summed E-state index contributed by atoms with van der Waals surface area (Å²) in [7, 11) is 0. The highest BCUT2D eigenvalue weighted by Gasteiger charge is 2.65. The molecule has 1 aliphatic carbocycles. The molecule has 6 nitrogen and oxygen atoms in total. The minimum atomic E-state index is -3.05. The molecule has 28 heavy (non-hydrogen) atoms. The van der Waals surface area contributed by atoms with Gasteiger partial charge in [-0.05, 0) is 30.7 Å². The minimum absolute atomic E-state index is 0.121. The van der Waals surface area contributed by atoms with E-state index in [2.05, 4.69) is 15.0 Å². The molecule has 0 aromatic carbocycles. The van der Waals surface area contributed by atoms with Gasteiger partial charge in [0.15, 0.2) is 11.3 Å². The third-order valence-corrected chi connectivity index (χ3v) is 5.06. The zero-order chi connectivity index (χ0) is 20.1. The lowest BCUT2D eigenvalue weighted by Gasteiger charge is -2.32. The number of ether oxygens (including phenoxy) is 1. The highest BCUT2D eigenvalue weighted by molar-refractivity contribution is 6.30. The maximum atomic E-state index is 14.5. The van der Waals surface area contributed by atoms with Crippen LogP contribution in [-0.2, 0) is 16.7 Å². The van der Waals surface area contributed by atoms with E-state index in [1.165, 1.54) is 24.4 Å². The van der Waals surface area contributed by atoms with Crippen LogP contribution in [0.15, 0.2) is 35.5 Å². The molecule has 1 fully saturated rings. The molecule has 2 N–H and O–H groups in total. The number of carbonyl (C=O) groups is 1. The topological polar surface area (TPSA) is 90.5 Å². The van der Waals surface area contributed by atoms with Crippen LogP contribution < -0.4 is 5.73 Å². The van der Waals surface area contributed by atoms with Crippen molar-refractivity contribution >= 4 is 23.4 Å². The van der Waals surface area contributed by atoms with Crippen LogP contribution in [-0.4, -0.2) is 34.3 Å². The SMILES string of the molecule is NC1=N[C@@](c2nc(CC(=O)c3ccc(Cl)cn3)ccc2F)(C(F)F)[C@H]2C[C@H]2O1. The van der Waals surface area contributed by atoms with Gasteiger partial charge in [-0.15, -0.1) is 0 Å². The van der Waals surface area contributed by atoms with Crippen LogP contribution in [0.2, 0.25) is 5.02 Å². The molecule has 0 amide bonds. The Morgan fingerprint density at radius 2 is 2.14 bits per heavy atom. The van der Waals surface area contributed by atoms with Gasteiger partial charge in [0.2, 0.25) is 0 Å². The Kier molecular flexibility index (Phi) is 4.49. The largest absolute Gasteiger partial charge is 0.462 e. The fourth-order valence-electron chi connectivity index (χ4n) is 3.41. The van der Waals surface area contributed by atoms with Crippen LogP contribution in [0.3, 0.4) is 0 Å². The van der Waals surface area contributed by atoms with Crippen LogP contribution >= 0.6 is 11.6 Å². The van der Waals surface area contributed by atoms with Crippen molar-refractivity contribution in [2.75, 3.05) is 0 Å². The van der Waals surface area contributed by atoms with Crippen molar-refractivity contribution < 1.29 is 22.7 Å². The zero-order valence-electron chi connectivity index (χ0n) is 14.3. The quantitative estimate of drug-likeness (QED) is 0.765. The number of rotatable bonds is 5. The van der Waals surface area contributed by atoms with E-state index in [0.717, 1.165) is 6.07 Å². The van der Waals surface area contributed by atoms with E-state index in [4.69, 9.17) is 22.1 Å². The first kappa shape index (κ1) is 18.7. The lowest BCUT2D eigenvalue weighted by atomic mass is 9.88. The van der Waals surface area contributed by atoms with Gasteiger partial charge in [-0.3, -0.25) is 14.8 Å². The second kappa shape index (κ2) is 6.73. The fourth-order valence-corrected chi connectivity index (χ4v) is 3.52. The van der Waals surface area contributed by atoms with Crippen molar-refractivity contribution in [3.05, 3.63) is 58.4 Å². The number of hydrogen-bond acceptors (Lipinski definition) is 6. The van der Waals surface area contributed by atoms with E-state index < -0.39 is 47.3 Å². The number of pyridine rings is 2. The molecule has 10 heteroatoms. The van der Waals surface area contributed by atoms with Crippen LogP contribution in [0.25, 0.3) is 0 Å². The maximum Gasteiger partial charge on any atom is 0.283 e. The van der Waals surface area contributed by atoms with Gasteiger partial charge in [-0.2, -0.15) is 0 Å². The van der Waals surface area contributed by atoms with Gasteiger partial charge in [-0.1, -0.05) is 11.6 Å². The number of alkyl halides is 2. The zero-order valence-corrected chi connectivity index (χ0v) is 15.0. The van der Waals surface area contributed by atoms with E-state index >= 15 is 0 Å². The first-order valence-corrected chi connectivity index (χ1v) is 8.80. The number of nitrogens with two attached hydrogens (primary N) is 1. The summed E-state index contributed by atoms with van der Waals surface area (Å²) in [6.07, 6.45) is -2.25. The number of amidine groups is 1. The van der Waals surface area contributed by atoms with Gasteiger partial charge in [0, 0.05) is 17.8 Å². The number of aliphatic imine (C=N–C) groups is 1. The summed E-state index contributed by atoms with van der Waals surface area (Å²) in [5.41, 5.74) is 3.03. The molecule has 0 saturated heterocycles. The third kappa shape index (κ3) is 3.09. The minimum Gasteiger partial charge on any atom is -0.462 e. The number of carbonyl (C=O) groups excluding carboxylic acids is 1. The molecule has 2 aromatic heterocycles. The van der Waals surface area contributed by atoms with E-state index in [-0.39, 0.29) is 24.2 Å². The van der Waals surface area contributed by atoms with E-state index in [9.17, 15) is 18.0 Å². The number of ketones is 1. The van der Waals surface area contributed by atoms with Crippen LogP contribution in [0.4, 0.5) is 13.2 Å². The first-order chi connectivity index (χ1) is 13.3. The second-order valence-corrected chi connectivity index (χ2v) is 7.11. The van der Waals surface area contributed by atoms with Gasteiger partial charge in [0.25, 0.3) is 12.4 Å². The molecule has 1 saturated carbocycles. The van der Waals surface area contributed by atoms with E-state index in [0.29, 0.717) is 5.02 Å². The van der Waals surface area contributed by atoms with Crippen molar-refractivity contribution in [1.29, 1.82) is 0 Å². The van der Waals surface area contributed by atoms with Crippen molar-refractivity contribution in [3.8, 4) is 0 Å². The Bertz CT molecular complexity index is 970. The number of halogens is 4. The Morgan fingerprint density at radius 3 is 2.82 bits per heavy atom. The Labute approximate surface area is 162 Å². The average molecular weight is 411 g/mol. The highest BCUT2D eigenvalue weighted by Crippen LogP contribution is 2.55. The van der Waals surface area contributed by atoms with Gasteiger partial charge in [0.1, 0.15) is 23.3 Å². The van der Waals surface area contributed by atoms with Gasteiger partial charge >= 0.3 is 0 Å². The summed E-state index contributed by atoms with van der Waals surface area (Å²) >= 11 is 5.74. The van der Waals surface area contributed by atoms with Crippen molar-refractivity contribution in [3.63, 3.8) is 0 Å².